The fourth-order valence-corrected chi connectivity index (χ4v) is 1.19. The van der Waals surface area contributed by atoms with E-state index in [1.54, 1.807) is 0 Å². The first-order chi connectivity index (χ1) is 7.30. The summed E-state index contributed by atoms with van der Waals surface area (Å²) in [5.41, 5.74) is -1.87. The van der Waals surface area contributed by atoms with E-state index >= 15 is 0 Å². The van der Waals surface area contributed by atoms with Gasteiger partial charge in [0.15, 0.2) is 0 Å². The first kappa shape index (κ1) is 13.6. The van der Waals surface area contributed by atoms with Crippen LogP contribution in [0.15, 0.2) is 23.2 Å². The molecule has 1 nitrogen and oxygen atoms in total. The summed E-state index contributed by atoms with van der Waals surface area (Å²) in [7, 11) is 0. The molecule has 1 atom stereocenters. The van der Waals surface area contributed by atoms with E-state index in [-0.39, 0.29) is 5.02 Å². The Labute approximate surface area is 105 Å². The highest BCUT2D eigenvalue weighted by molar-refractivity contribution is 6.42. The van der Waals surface area contributed by atoms with Crippen LogP contribution in [0.1, 0.15) is 5.56 Å². The SMILES string of the molecule is FC(F)(F)C(Cl)N=Cc1ccc(Cl)c(Cl)c1. The Hall–Kier alpha value is -0.450. The standard InChI is InChI=1S/C9H5Cl3F3N/c10-6-2-1-5(3-7(6)11)4-16-8(12)9(13,14)15/h1-4,8H. The molecule has 0 N–H and O–H groups in total. The smallest absolute Gasteiger partial charge is 0.264 e. The molecule has 0 aliphatic carbocycles. The average Bonchev–Trinajstić information content (AvgIpc) is 2.18. The maximum atomic E-state index is 12.0. The topological polar surface area (TPSA) is 12.4 Å². The third-order valence-corrected chi connectivity index (χ3v) is 2.67. The van der Waals surface area contributed by atoms with Crippen LogP contribution in [0.25, 0.3) is 0 Å². The highest BCUT2D eigenvalue weighted by Crippen LogP contribution is 2.26. The van der Waals surface area contributed by atoms with Crippen LogP contribution in [0.5, 0.6) is 0 Å². The van der Waals surface area contributed by atoms with E-state index in [1.165, 1.54) is 18.2 Å². The van der Waals surface area contributed by atoms with Crippen LogP contribution in [0.2, 0.25) is 10.0 Å². The van der Waals surface area contributed by atoms with E-state index in [1.807, 2.05) is 0 Å². The quantitative estimate of drug-likeness (QED) is 0.431. The number of halogens is 6. The lowest BCUT2D eigenvalue weighted by atomic mass is 10.2. The van der Waals surface area contributed by atoms with Crippen molar-refractivity contribution in [1.82, 2.24) is 0 Å². The van der Waals surface area contributed by atoms with Gasteiger partial charge in [-0.1, -0.05) is 40.9 Å². The molecule has 0 aliphatic heterocycles. The minimum atomic E-state index is -4.56. The minimum Gasteiger partial charge on any atom is -0.264 e. The third-order valence-electron chi connectivity index (χ3n) is 1.57. The summed E-state index contributed by atoms with van der Waals surface area (Å²) in [5, 5.41) is 0.556. The van der Waals surface area contributed by atoms with Crippen molar-refractivity contribution in [3.63, 3.8) is 0 Å². The number of hydrogen-bond donors (Lipinski definition) is 0. The maximum absolute atomic E-state index is 12.0. The molecule has 0 fully saturated rings. The van der Waals surface area contributed by atoms with E-state index in [4.69, 9.17) is 34.8 Å². The Kier molecular flexibility index (Phi) is 4.47. The first-order valence-electron chi connectivity index (χ1n) is 3.99. The summed E-state index contributed by atoms with van der Waals surface area (Å²) in [6.45, 7) is 0. The van der Waals surface area contributed by atoms with Crippen LogP contribution in [-0.2, 0) is 0 Å². The molecule has 0 saturated carbocycles. The van der Waals surface area contributed by atoms with Gasteiger partial charge in [0.1, 0.15) is 0 Å². The van der Waals surface area contributed by atoms with Crippen LogP contribution < -0.4 is 0 Å². The van der Waals surface area contributed by atoms with Gasteiger partial charge in [-0.3, -0.25) is 4.99 Å². The largest absolute Gasteiger partial charge is 0.424 e. The maximum Gasteiger partial charge on any atom is 0.424 e. The van der Waals surface area contributed by atoms with Crippen molar-refractivity contribution in [3.8, 4) is 0 Å². The number of alkyl halides is 4. The highest BCUT2D eigenvalue weighted by atomic mass is 35.5. The van der Waals surface area contributed by atoms with Gasteiger partial charge in [-0.2, -0.15) is 13.2 Å². The zero-order chi connectivity index (χ0) is 12.3. The molecule has 7 heteroatoms. The van der Waals surface area contributed by atoms with Gasteiger partial charge in [0.05, 0.1) is 10.0 Å². The van der Waals surface area contributed by atoms with Crippen molar-refractivity contribution >= 4 is 41.0 Å². The fourth-order valence-electron chi connectivity index (χ4n) is 0.829. The molecule has 0 radical (unpaired) electrons. The second-order valence-electron chi connectivity index (χ2n) is 2.83. The Morgan fingerprint density at radius 1 is 1.19 bits per heavy atom. The molecular formula is C9H5Cl3F3N. The highest BCUT2D eigenvalue weighted by Gasteiger charge is 2.37. The molecule has 0 heterocycles. The lowest BCUT2D eigenvalue weighted by molar-refractivity contribution is -0.128. The summed E-state index contributed by atoms with van der Waals surface area (Å²) in [6.07, 6.45) is -3.57. The Bertz CT molecular complexity index is 403. The lowest BCUT2D eigenvalue weighted by Crippen LogP contribution is -2.21. The zero-order valence-corrected chi connectivity index (χ0v) is 9.87. The lowest BCUT2D eigenvalue weighted by Gasteiger charge is -2.08. The molecule has 16 heavy (non-hydrogen) atoms. The van der Waals surface area contributed by atoms with Gasteiger partial charge in [-0.05, 0) is 17.7 Å². The van der Waals surface area contributed by atoms with Crippen molar-refractivity contribution in [2.45, 2.75) is 11.7 Å². The second-order valence-corrected chi connectivity index (χ2v) is 4.06. The predicted octanol–water partition coefficient (Wildman–Crippen LogP) is 4.54. The van der Waals surface area contributed by atoms with Crippen LogP contribution in [-0.4, -0.2) is 17.9 Å². The van der Waals surface area contributed by atoms with Crippen LogP contribution in [0, 0.1) is 0 Å². The van der Waals surface area contributed by atoms with E-state index in [2.05, 4.69) is 4.99 Å². The molecule has 1 aromatic rings. The Morgan fingerprint density at radius 3 is 2.31 bits per heavy atom. The molecule has 0 bridgehead atoms. The van der Waals surface area contributed by atoms with Gasteiger partial charge >= 0.3 is 6.18 Å². The Balaban J connectivity index is 2.81. The summed E-state index contributed by atoms with van der Waals surface area (Å²) < 4.78 is 36.0. The van der Waals surface area contributed by atoms with Crippen molar-refractivity contribution in [1.29, 1.82) is 0 Å². The number of hydrogen-bond acceptors (Lipinski definition) is 1. The van der Waals surface area contributed by atoms with Gasteiger partial charge in [-0.25, -0.2) is 0 Å². The summed E-state index contributed by atoms with van der Waals surface area (Å²) in [6, 6.07) is 4.34. The minimum absolute atomic E-state index is 0.240. The summed E-state index contributed by atoms with van der Waals surface area (Å²) in [5.74, 6) is 0. The molecule has 0 aromatic heterocycles. The van der Waals surface area contributed by atoms with E-state index in [0.717, 1.165) is 6.21 Å². The van der Waals surface area contributed by atoms with Crippen LogP contribution in [0.3, 0.4) is 0 Å². The molecule has 0 aliphatic rings. The monoisotopic (exact) mass is 289 g/mol. The second kappa shape index (κ2) is 5.25. The molecule has 0 amide bonds. The van der Waals surface area contributed by atoms with Crippen molar-refractivity contribution in [2.75, 3.05) is 0 Å². The van der Waals surface area contributed by atoms with Crippen molar-refractivity contribution in [2.24, 2.45) is 4.99 Å². The summed E-state index contributed by atoms with van der Waals surface area (Å²) in [4.78, 5) is 3.15. The molecule has 1 aromatic carbocycles. The molecule has 88 valence electrons. The molecule has 0 saturated heterocycles. The van der Waals surface area contributed by atoms with Gasteiger partial charge in [0.2, 0.25) is 5.50 Å². The normalized spacial score (nSPS) is 14.4. The average molecular weight is 290 g/mol. The van der Waals surface area contributed by atoms with Crippen LogP contribution >= 0.6 is 34.8 Å². The molecule has 1 rings (SSSR count). The molecule has 0 spiro atoms. The van der Waals surface area contributed by atoms with Crippen molar-refractivity contribution < 1.29 is 13.2 Å². The van der Waals surface area contributed by atoms with Gasteiger partial charge in [0.25, 0.3) is 0 Å². The zero-order valence-electron chi connectivity index (χ0n) is 7.60. The van der Waals surface area contributed by atoms with Gasteiger partial charge in [-0.15, -0.1) is 0 Å². The number of benzene rings is 1. The van der Waals surface area contributed by atoms with Crippen molar-refractivity contribution in [3.05, 3.63) is 33.8 Å². The number of aliphatic imine (C=N–C) groups is 1. The molecule has 1 unspecified atom stereocenters. The number of rotatable bonds is 2. The Morgan fingerprint density at radius 2 is 1.81 bits per heavy atom. The summed E-state index contributed by atoms with van der Waals surface area (Å²) >= 11 is 16.3. The van der Waals surface area contributed by atoms with E-state index in [9.17, 15) is 13.2 Å². The van der Waals surface area contributed by atoms with E-state index in [0.29, 0.717) is 10.6 Å². The third kappa shape index (κ3) is 3.85. The van der Waals surface area contributed by atoms with Gasteiger partial charge < -0.3 is 0 Å². The molecular weight excluding hydrogens is 285 g/mol. The number of nitrogens with zero attached hydrogens (tertiary/aromatic N) is 1. The fraction of sp³-hybridized carbons (Fsp3) is 0.222. The van der Waals surface area contributed by atoms with Gasteiger partial charge in [0, 0.05) is 6.21 Å². The predicted molar refractivity (Wildman–Crippen MR) is 59.8 cm³/mol. The first-order valence-corrected chi connectivity index (χ1v) is 5.19. The van der Waals surface area contributed by atoms with Crippen LogP contribution in [0.4, 0.5) is 13.2 Å². The van der Waals surface area contributed by atoms with E-state index < -0.39 is 11.7 Å².